The summed E-state index contributed by atoms with van der Waals surface area (Å²) >= 11 is 0. The van der Waals surface area contributed by atoms with E-state index < -0.39 is 11.9 Å². The summed E-state index contributed by atoms with van der Waals surface area (Å²) in [5.74, 6) is -0.945. The van der Waals surface area contributed by atoms with Crippen LogP contribution in [0.5, 0.6) is 0 Å². The van der Waals surface area contributed by atoms with E-state index in [9.17, 15) is 14.7 Å². The first kappa shape index (κ1) is 23.7. The van der Waals surface area contributed by atoms with Gasteiger partial charge >= 0.3 is 5.97 Å². The van der Waals surface area contributed by atoms with Gasteiger partial charge in [0, 0.05) is 57.8 Å². The number of nitrogens with one attached hydrogen (secondary N) is 1. The molecule has 0 unspecified atom stereocenters. The number of carbonyl (C=O) groups excluding carboxylic acids is 1. The molecule has 2 heterocycles. The van der Waals surface area contributed by atoms with E-state index in [4.69, 9.17) is 4.74 Å². The van der Waals surface area contributed by atoms with Crippen molar-refractivity contribution in [1.82, 2.24) is 19.8 Å². The lowest BCUT2D eigenvalue weighted by Crippen LogP contribution is -2.47. The minimum absolute atomic E-state index is 0.0625. The predicted molar refractivity (Wildman–Crippen MR) is 131 cm³/mol. The molecule has 0 aliphatic carbocycles. The number of nitrogens with zero attached hydrogens (tertiary/aromatic N) is 4. The smallest absolute Gasteiger partial charge is 0.336 e. The Balaban J connectivity index is 1.65. The van der Waals surface area contributed by atoms with Gasteiger partial charge in [-0.15, -0.1) is 0 Å². The molecule has 1 aromatic heterocycles. The molecule has 4 rings (SSSR count). The van der Waals surface area contributed by atoms with Gasteiger partial charge in [-0.2, -0.15) is 0 Å². The number of aryl methyl sites for hydroxylation is 1. The summed E-state index contributed by atoms with van der Waals surface area (Å²) in [5, 5.41) is 12.1. The maximum atomic E-state index is 12.5. The van der Waals surface area contributed by atoms with E-state index in [2.05, 4.69) is 32.2 Å². The van der Waals surface area contributed by atoms with Crippen molar-refractivity contribution in [3.8, 4) is 5.69 Å². The first-order valence-corrected chi connectivity index (χ1v) is 11.6. The van der Waals surface area contributed by atoms with Crippen LogP contribution in [-0.4, -0.2) is 84.4 Å². The SMILES string of the molecule is CCOCCN1CCN(c2cccc(-n3c(C)nc4c(C(=O)NC)c(C(=O)O)ccc43)c2)CC1. The Labute approximate surface area is 198 Å². The zero-order valence-corrected chi connectivity index (χ0v) is 19.9. The first-order chi connectivity index (χ1) is 16.4. The highest BCUT2D eigenvalue weighted by molar-refractivity contribution is 6.13. The number of carboxylic acid groups (broad SMARTS) is 1. The Morgan fingerprint density at radius 2 is 1.85 bits per heavy atom. The van der Waals surface area contributed by atoms with Crippen LogP contribution in [0.2, 0.25) is 0 Å². The Bertz CT molecular complexity index is 1200. The summed E-state index contributed by atoms with van der Waals surface area (Å²) in [5.41, 5.74) is 3.13. The van der Waals surface area contributed by atoms with Gasteiger partial charge in [0.15, 0.2) is 0 Å². The topological polar surface area (TPSA) is 99.9 Å². The van der Waals surface area contributed by atoms with E-state index >= 15 is 0 Å². The molecule has 1 amide bonds. The van der Waals surface area contributed by atoms with Gasteiger partial charge in [-0.05, 0) is 44.2 Å². The van der Waals surface area contributed by atoms with Crippen LogP contribution in [0.3, 0.4) is 0 Å². The Hall–Kier alpha value is -3.43. The van der Waals surface area contributed by atoms with E-state index in [0.29, 0.717) is 16.9 Å². The molecule has 1 fully saturated rings. The van der Waals surface area contributed by atoms with Crippen molar-refractivity contribution >= 4 is 28.6 Å². The van der Waals surface area contributed by atoms with Gasteiger partial charge in [0.25, 0.3) is 5.91 Å². The minimum atomic E-state index is -1.16. The standard InChI is InChI=1S/C25H31N5O4/c1-4-34-15-14-28-10-12-29(13-11-28)18-6-5-7-19(16-18)30-17(2)27-23-21(30)9-8-20(25(32)33)22(23)24(31)26-3/h5-9,16H,4,10-15H2,1-3H3,(H,26,31)(H,32,33). The fourth-order valence-corrected chi connectivity index (χ4v) is 4.52. The number of aromatic nitrogens is 2. The van der Waals surface area contributed by atoms with Crippen molar-refractivity contribution in [1.29, 1.82) is 0 Å². The number of fused-ring (bicyclic) bond motifs is 1. The van der Waals surface area contributed by atoms with E-state index in [-0.39, 0.29) is 11.1 Å². The lowest BCUT2D eigenvalue weighted by molar-refractivity contribution is 0.0691. The molecule has 0 atom stereocenters. The Morgan fingerprint density at radius 3 is 2.53 bits per heavy atom. The third-order valence-electron chi connectivity index (χ3n) is 6.26. The zero-order valence-electron chi connectivity index (χ0n) is 19.9. The molecule has 0 bridgehead atoms. The number of amides is 1. The maximum Gasteiger partial charge on any atom is 0.336 e. The van der Waals surface area contributed by atoms with Crippen molar-refractivity contribution in [2.45, 2.75) is 13.8 Å². The number of piperazine rings is 1. The number of aromatic carboxylic acids is 1. The first-order valence-electron chi connectivity index (χ1n) is 11.6. The minimum Gasteiger partial charge on any atom is -0.478 e. The number of carboxylic acids is 1. The summed E-state index contributed by atoms with van der Waals surface area (Å²) in [6.07, 6.45) is 0. The average Bonchev–Trinajstić information content (AvgIpc) is 3.19. The van der Waals surface area contributed by atoms with Gasteiger partial charge in [-0.3, -0.25) is 14.3 Å². The Morgan fingerprint density at radius 1 is 1.12 bits per heavy atom. The second-order valence-corrected chi connectivity index (χ2v) is 8.28. The van der Waals surface area contributed by atoms with E-state index in [1.165, 1.54) is 13.1 Å². The van der Waals surface area contributed by atoms with Crippen LogP contribution >= 0.6 is 0 Å². The molecule has 1 aliphatic rings. The quantitative estimate of drug-likeness (QED) is 0.493. The van der Waals surface area contributed by atoms with Crippen molar-refractivity contribution in [2.24, 2.45) is 0 Å². The number of hydrogen-bond acceptors (Lipinski definition) is 6. The molecule has 3 aromatic rings. The fourth-order valence-electron chi connectivity index (χ4n) is 4.52. The van der Waals surface area contributed by atoms with Gasteiger partial charge < -0.3 is 20.1 Å². The molecule has 9 nitrogen and oxygen atoms in total. The van der Waals surface area contributed by atoms with Crippen molar-refractivity contribution in [3.63, 3.8) is 0 Å². The van der Waals surface area contributed by atoms with Gasteiger partial charge in [0.05, 0.1) is 23.3 Å². The largest absolute Gasteiger partial charge is 0.478 e. The van der Waals surface area contributed by atoms with Crippen LogP contribution in [0.4, 0.5) is 5.69 Å². The molecule has 9 heteroatoms. The van der Waals surface area contributed by atoms with Crippen molar-refractivity contribution in [3.05, 3.63) is 53.3 Å². The van der Waals surface area contributed by atoms with E-state index in [1.54, 1.807) is 6.07 Å². The molecule has 2 aromatic carbocycles. The van der Waals surface area contributed by atoms with Crippen LogP contribution in [0.25, 0.3) is 16.7 Å². The number of rotatable bonds is 8. The summed E-state index contributed by atoms with van der Waals surface area (Å²) in [4.78, 5) is 33.7. The summed E-state index contributed by atoms with van der Waals surface area (Å²) in [7, 11) is 1.48. The van der Waals surface area contributed by atoms with Crippen LogP contribution in [0, 0.1) is 6.92 Å². The molecule has 0 spiro atoms. The molecule has 2 N–H and O–H groups in total. The zero-order chi connectivity index (χ0) is 24.2. The van der Waals surface area contributed by atoms with E-state index in [1.807, 2.05) is 30.5 Å². The number of carbonyl (C=O) groups is 2. The van der Waals surface area contributed by atoms with Gasteiger partial charge in [0.2, 0.25) is 0 Å². The second-order valence-electron chi connectivity index (χ2n) is 8.28. The van der Waals surface area contributed by atoms with Crippen molar-refractivity contribution in [2.75, 3.05) is 57.9 Å². The van der Waals surface area contributed by atoms with Crippen LogP contribution in [-0.2, 0) is 4.74 Å². The number of benzene rings is 2. The molecular formula is C25H31N5O4. The predicted octanol–water partition coefficient (Wildman–Crippen LogP) is 2.55. The normalized spacial score (nSPS) is 14.5. The third kappa shape index (κ3) is 4.62. The second kappa shape index (κ2) is 10.2. The lowest BCUT2D eigenvalue weighted by Gasteiger charge is -2.36. The van der Waals surface area contributed by atoms with Gasteiger partial charge in [-0.25, -0.2) is 9.78 Å². The molecule has 1 saturated heterocycles. The van der Waals surface area contributed by atoms with Crippen molar-refractivity contribution < 1.29 is 19.4 Å². The highest BCUT2D eigenvalue weighted by Crippen LogP contribution is 2.29. The molecule has 0 saturated carbocycles. The number of ether oxygens (including phenoxy) is 1. The Kier molecular flexibility index (Phi) is 7.14. The number of anilines is 1. The van der Waals surface area contributed by atoms with Crippen LogP contribution in [0.1, 0.15) is 33.5 Å². The monoisotopic (exact) mass is 465 g/mol. The molecular weight excluding hydrogens is 434 g/mol. The number of imidazole rings is 1. The van der Waals surface area contributed by atoms with Crippen LogP contribution in [0.15, 0.2) is 36.4 Å². The lowest BCUT2D eigenvalue weighted by atomic mass is 10.0. The number of hydrogen-bond donors (Lipinski definition) is 2. The maximum absolute atomic E-state index is 12.5. The third-order valence-corrected chi connectivity index (χ3v) is 6.26. The average molecular weight is 466 g/mol. The highest BCUT2D eigenvalue weighted by atomic mass is 16.5. The summed E-state index contributed by atoms with van der Waals surface area (Å²) in [6, 6.07) is 11.4. The highest BCUT2D eigenvalue weighted by Gasteiger charge is 2.24. The molecule has 1 aliphatic heterocycles. The van der Waals surface area contributed by atoms with Gasteiger partial charge in [-0.1, -0.05) is 6.07 Å². The van der Waals surface area contributed by atoms with Gasteiger partial charge in [0.1, 0.15) is 11.3 Å². The fraction of sp³-hybridized carbons (Fsp3) is 0.400. The molecule has 180 valence electrons. The summed E-state index contributed by atoms with van der Waals surface area (Å²) < 4.78 is 7.45. The van der Waals surface area contributed by atoms with Crippen LogP contribution < -0.4 is 10.2 Å². The van der Waals surface area contributed by atoms with E-state index in [0.717, 1.165) is 57.3 Å². The molecule has 34 heavy (non-hydrogen) atoms. The molecule has 0 radical (unpaired) electrons. The summed E-state index contributed by atoms with van der Waals surface area (Å²) in [6.45, 7) is 10.2.